The average Bonchev–Trinajstić information content (AvgIpc) is 2.83. The molecule has 1 amide bonds. The number of carbonyl (C=O) groups excluding carboxylic acids is 1. The second kappa shape index (κ2) is 4.61. The molecule has 0 aliphatic heterocycles. The van der Waals surface area contributed by atoms with E-state index in [1.165, 1.54) is 24.3 Å². The number of rotatable bonds is 3. The van der Waals surface area contributed by atoms with Gasteiger partial charge in [0.25, 0.3) is 0 Å². The molecule has 2 aromatic rings. The van der Waals surface area contributed by atoms with Crippen LogP contribution < -0.4 is 5.32 Å². The second-order valence-corrected chi connectivity index (χ2v) is 4.58. The van der Waals surface area contributed by atoms with E-state index in [1.807, 2.05) is 0 Å². The van der Waals surface area contributed by atoms with Gasteiger partial charge in [-0.05, 0) is 19.1 Å². The third-order valence-corrected chi connectivity index (χ3v) is 3.21. The Morgan fingerprint density at radius 2 is 2.17 bits per heavy atom. The third kappa shape index (κ3) is 2.40. The quantitative estimate of drug-likeness (QED) is 0.889. The molecule has 0 unspecified atom stereocenters. The van der Waals surface area contributed by atoms with E-state index in [2.05, 4.69) is 10.3 Å². The molecule has 0 spiro atoms. The lowest BCUT2D eigenvalue weighted by Crippen LogP contribution is -2.04. The lowest BCUT2D eigenvalue weighted by Gasteiger charge is -1.92. The van der Waals surface area contributed by atoms with Crippen molar-refractivity contribution in [3.05, 3.63) is 23.6 Å². The van der Waals surface area contributed by atoms with Crippen LogP contribution in [0.1, 0.15) is 23.2 Å². The molecule has 2 heterocycles. The highest BCUT2D eigenvalue weighted by Gasteiger charge is 2.16. The molecule has 2 N–H and O–H groups in total. The molecule has 0 fully saturated rings. The zero-order chi connectivity index (χ0) is 13.3. The Labute approximate surface area is 106 Å². The van der Waals surface area contributed by atoms with Crippen molar-refractivity contribution >= 4 is 28.3 Å². The Bertz CT molecular complexity index is 614. The molecule has 18 heavy (non-hydrogen) atoms. The molecule has 0 aliphatic carbocycles. The van der Waals surface area contributed by atoms with E-state index in [0.717, 1.165) is 0 Å². The Kier molecular flexibility index (Phi) is 3.15. The summed E-state index contributed by atoms with van der Waals surface area (Å²) < 4.78 is 5.19. The van der Waals surface area contributed by atoms with Crippen LogP contribution in [0, 0.1) is 6.92 Å². The summed E-state index contributed by atoms with van der Waals surface area (Å²) in [4.78, 5) is 26.5. The standard InChI is InChI=1S/C11H10N2O4S/c1-5-9(18-11(12-5)13-6(2)14)7-3-4-8(17-7)10(15)16/h3-4H,1-2H3,(H,15,16)(H,12,13,14). The summed E-state index contributed by atoms with van der Waals surface area (Å²) in [5, 5.41) is 11.8. The van der Waals surface area contributed by atoms with Gasteiger partial charge in [-0.1, -0.05) is 11.3 Å². The normalized spacial score (nSPS) is 10.3. The number of nitrogens with one attached hydrogen (secondary N) is 1. The van der Waals surface area contributed by atoms with Gasteiger partial charge in [0, 0.05) is 6.92 Å². The van der Waals surface area contributed by atoms with Crippen molar-refractivity contribution in [2.24, 2.45) is 0 Å². The highest BCUT2D eigenvalue weighted by molar-refractivity contribution is 7.19. The van der Waals surface area contributed by atoms with Crippen molar-refractivity contribution in [2.45, 2.75) is 13.8 Å². The third-order valence-electron chi connectivity index (χ3n) is 2.12. The van der Waals surface area contributed by atoms with Crippen LogP contribution >= 0.6 is 11.3 Å². The van der Waals surface area contributed by atoms with Crippen molar-refractivity contribution in [1.29, 1.82) is 0 Å². The molecular formula is C11H10N2O4S. The first-order valence-corrected chi connectivity index (χ1v) is 5.87. The molecule has 0 bridgehead atoms. The van der Waals surface area contributed by atoms with Crippen LogP contribution in [0.3, 0.4) is 0 Å². The fourth-order valence-corrected chi connectivity index (χ4v) is 2.38. The number of aryl methyl sites for hydroxylation is 1. The number of hydrogen-bond acceptors (Lipinski definition) is 5. The zero-order valence-electron chi connectivity index (χ0n) is 9.68. The van der Waals surface area contributed by atoms with Crippen molar-refractivity contribution in [2.75, 3.05) is 5.32 Å². The molecule has 0 saturated carbocycles. The number of anilines is 1. The number of aromatic nitrogens is 1. The summed E-state index contributed by atoms with van der Waals surface area (Å²) in [5.41, 5.74) is 0.676. The number of nitrogens with zero attached hydrogens (tertiary/aromatic N) is 1. The van der Waals surface area contributed by atoms with E-state index in [-0.39, 0.29) is 11.7 Å². The molecule has 6 nitrogen and oxygen atoms in total. The van der Waals surface area contributed by atoms with Gasteiger partial charge in [0.15, 0.2) is 5.13 Å². The maximum Gasteiger partial charge on any atom is 0.371 e. The fraction of sp³-hybridized carbons (Fsp3) is 0.182. The van der Waals surface area contributed by atoms with Gasteiger partial charge in [0.05, 0.1) is 10.6 Å². The van der Waals surface area contributed by atoms with E-state index in [1.54, 1.807) is 13.0 Å². The number of carboxylic acids is 1. The molecule has 0 aromatic carbocycles. The van der Waals surface area contributed by atoms with Crippen LogP contribution in [0.2, 0.25) is 0 Å². The molecule has 0 radical (unpaired) electrons. The topological polar surface area (TPSA) is 92.4 Å². The monoisotopic (exact) mass is 266 g/mol. The number of carboxylic acid groups (broad SMARTS) is 1. The molecule has 2 aromatic heterocycles. The largest absolute Gasteiger partial charge is 0.475 e. The Balaban J connectivity index is 2.34. The fourth-order valence-electron chi connectivity index (χ4n) is 1.40. The Hall–Kier alpha value is -2.15. The van der Waals surface area contributed by atoms with Gasteiger partial charge < -0.3 is 14.8 Å². The predicted molar refractivity (Wildman–Crippen MR) is 65.8 cm³/mol. The van der Waals surface area contributed by atoms with E-state index in [0.29, 0.717) is 21.5 Å². The van der Waals surface area contributed by atoms with Gasteiger partial charge in [0.1, 0.15) is 5.76 Å². The van der Waals surface area contributed by atoms with Crippen molar-refractivity contribution in [3.63, 3.8) is 0 Å². The summed E-state index contributed by atoms with van der Waals surface area (Å²) >= 11 is 1.24. The number of furan rings is 1. The van der Waals surface area contributed by atoms with Crippen LogP contribution in [0.15, 0.2) is 16.5 Å². The average molecular weight is 266 g/mol. The van der Waals surface area contributed by atoms with Crippen LogP contribution in [0.5, 0.6) is 0 Å². The van der Waals surface area contributed by atoms with Crippen LogP contribution in [-0.2, 0) is 4.79 Å². The van der Waals surface area contributed by atoms with E-state index >= 15 is 0 Å². The van der Waals surface area contributed by atoms with Gasteiger partial charge in [-0.3, -0.25) is 4.79 Å². The SMILES string of the molecule is CC(=O)Nc1nc(C)c(-c2ccc(C(=O)O)o2)s1. The first-order chi connectivity index (χ1) is 8.47. The number of carbonyl (C=O) groups is 2. The van der Waals surface area contributed by atoms with Crippen LogP contribution in [0.25, 0.3) is 10.6 Å². The molecule has 0 aliphatic rings. The highest BCUT2D eigenvalue weighted by Crippen LogP contribution is 2.33. The Morgan fingerprint density at radius 1 is 1.44 bits per heavy atom. The van der Waals surface area contributed by atoms with E-state index in [4.69, 9.17) is 9.52 Å². The molecule has 0 atom stereocenters. The highest BCUT2D eigenvalue weighted by atomic mass is 32.1. The maximum atomic E-state index is 10.9. The zero-order valence-corrected chi connectivity index (χ0v) is 10.5. The molecule has 7 heteroatoms. The smallest absolute Gasteiger partial charge is 0.371 e. The number of aromatic carboxylic acids is 1. The maximum absolute atomic E-state index is 10.9. The summed E-state index contributed by atoms with van der Waals surface area (Å²) in [7, 11) is 0. The van der Waals surface area contributed by atoms with Crippen molar-refractivity contribution < 1.29 is 19.1 Å². The minimum atomic E-state index is -1.12. The minimum Gasteiger partial charge on any atom is -0.475 e. The van der Waals surface area contributed by atoms with Gasteiger partial charge in [0.2, 0.25) is 11.7 Å². The predicted octanol–water partition coefficient (Wildman–Crippen LogP) is 2.37. The van der Waals surface area contributed by atoms with Crippen molar-refractivity contribution in [1.82, 2.24) is 4.98 Å². The van der Waals surface area contributed by atoms with Crippen LogP contribution in [-0.4, -0.2) is 22.0 Å². The first-order valence-electron chi connectivity index (χ1n) is 5.06. The number of amides is 1. The molecule has 2 rings (SSSR count). The first kappa shape index (κ1) is 12.3. The van der Waals surface area contributed by atoms with Gasteiger partial charge in [-0.2, -0.15) is 0 Å². The molecule has 0 saturated heterocycles. The summed E-state index contributed by atoms with van der Waals surface area (Å²) in [6.45, 7) is 3.16. The summed E-state index contributed by atoms with van der Waals surface area (Å²) in [6.07, 6.45) is 0. The van der Waals surface area contributed by atoms with E-state index in [9.17, 15) is 9.59 Å². The van der Waals surface area contributed by atoms with Crippen LogP contribution in [0.4, 0.5) is 5.13 Å². The lowest BCUT2D eigenvalue weighted by molar-refractivity contribution is -0.114. The number of hydrogen-bond donors (Lipinski definition) is 2. The number of thiazole rings is 1. The van der Waals surface area contributed by atoms with E-state index < -0.39 is 5.97 Å². The second-order valence-electron chi connectivity index (χ2n) is 3.58. The van der Waals surface area contributed by atoms with Gasteiger partial charge >= 0.3 is 5.97 Å². The van der Waals surface area contributed by atoms with Gasteiger partial charge in [-0.15, -0.1) is 0 Å². The van der Waals surface area contributed by atoms with Gasteiger partial charge in [-0.25, -0.2) is 9.78 Å². The molecule has 94 valence electrons. The Morgan fingerprint density at radius 3 is 2.72 bits per heavy atom. The molecular weight excluding hydrogens is 256 g/mol. The summed E-state index contributed by atoms with van der Waals surface area (Å²) in [6, 6.07) is 2.95. The lowest BCUT2D eigenvalue weighted by atomic mass is 10.3. The van der Waals surface area contributed by atoms with Crippen molar-refractivity contribution in [3.8, 4) is 10.6 Å². The summed E-state index contributed by atoms with van der Waals surface area (Å²) in [5.74, 6) is -1.02. The minimum absolute atomic E-state index is 0.126.